The third-order valence-electron chi connectivity index (χ3n) is 9.14. The van der Waals surface area contributed by atoms with E-state index in [9.17, 15) is 5.11 Å². The standard InChI is InChI=1S/C44H38I2N2OS/c1-3-5-12-28-20-31(23-34(45)21-28)32-25-39(37-18-11-15-29-14-7-8-16-36(29)37)42-41(26-32)50-44(48-42)38-17-9-10-19-40(38)47-27-33-24-35(46)22-30(43(33)49)13-6-4-2/h7-11,14-27,49H,3-6,12-13H2,1-2H3/b47-27+. The predicted octanol–water partition coefficient (Wildman–Crippen LogP) is 13.8. The van der Waals surface area contributed by atoms with Gasteiger partial charge in [0, 0.05) is 30.0 Å². The molecule has 1 heterocycles. The quantitative estimate of drug-likeness (QED) is 0.104. The first kappa shape index (κ1) is 34.8. The molecule has 6 heteroatoms. The zero-order valence-corrected chi connectivity index (χ0v) is 33.3. The smallest absolute Gasteiger partial charge is 0.127 e. The van der Waals surface area contributed by atoms with Crippen LogP contribution in [-0.2, 0) is 12.8 Å². The lowest BCUT2D eigenvalue weighted by Gasteiger charge is -2.12. The van der Waals surface area contributed by atoms with E-state index in [0.29, 0.717) is 5.75 Å². The Labute approximate surface area is 325 Å². The van der Waals surface area contributed by atoms with Crippen molar-refractivity contribution in [1.29, 1.82) is 0 Å². The number of thiazole rings is 1. The van der Waals surface area contributed by atoms with Gasteiger partial charge in [0.15, 0.2) is 0 Å². The maximum absolute atomic E-state index is 11.1. The molecule has 0 fully saturated rings. The van der Waals surface area contributed by atoms with Crippen LogP contribution in [0, 0.1) is 7.14 Å². The van der Waals surface area contributed by atoms with Crippen LogP contribution in [0.1, 0.15) is 56.2 Å². The Morgan fingerprint density at radius 1 is 0.720 bits per heavy atom. The summed E-state index contributed by atoms with van der Waals surface area (Å²) in [5.74, 6) is 0.320. The molecule has 50 heavy (non-hydrogen) atoms. The van der Waals surface area contributed by atoms with Crippen LogP contribution >= 0.6 is 56.5 Å². The second kappa shape index (κ2) is 15.7. The molecule has 6 aromatic carbocycles. The van der Waals surface area contributed by atoms with Gasteiger partial charge >= 0.3 is 0 Å². The fraction of sp³-hybridized carbons (Fsp3) is 0.182. The van der Waals surface area contributed by atoms with Crippen molar-refractivity contribution in [2.45, 2.75) is 52.4 Å². The summed E-state index contributed by atoms with van der Waals surface area (Å²) >= 11 is 6.49. The van der Waals surface area contributed by atoms with E-state index in [2.05, 4.69) is 144 Å². The SMILES string of the molecule is CCCCc1cc(I)cc(-c2cc(-c3cccc4ccccc34)c3nc(-c4ccccc4/N=C/c4cc(I)cc(CCCC)c4O)sc3c2)c1. The van der Waals surface area contributed by atoms with E-state index in [-0.39, 0.29) is 0 Å². The third-order valence-corrected chi connectivity index (χ3v) is 11.4. The topological polar surface area (TPSA) is 45.5 Å². The second-order valence-electron chi connectivity index (χ2n) is 12.7. The van der Waals surface area contributed by atoms with Gasteiger partial charge in [0.05, 0.1) is 15.9 Å². The molecular weight excluding hydrogens is 858 g/mol. The number of aromatic nitrogens is 1. The molecule has 7 aromatic rings. The highest BCUT2D eigenvalue weighted by atomic mass is 127. The number of aromatic hydroxyl groups is 1. The molecule has 0 amide bonds. The zero-order valence-electron chi connectivity index (χ0n) is 28.2. The van der Waals surface area contributed by atoms with Crippen LogP contribution in [0.3, 0.4) is 0 Å². The maximum atomic E-state index is 11.1. The first-order valence-electron chi connectivity index (χ1n) is 17.3. The summed E-state index contributed by atoms with van der Waals surface area (Å²) in [7, 11) is 0. The minimum Gasteiger partial charge on any atom is -0.507 e. The van der Waals surface area contributed by atoms with Gasteiger partial charge in [-0.1, -0.05) is 87.4 Å². The molecular formula is C44H38I2N2OS. The van der Waals surface area contributed by atoms with Crippen molar-refractivity contribution in [1.82, 2.24) is 4.98 Å². The van der Waals surface area contributed by atoms with Gasteiger partial charge in [0.25, 0.3) is 0 Å². The molecule has 1 aromatic heterocycles. The van der Waals surface area contributed by atoms with Gasteiger partial charge in [-0.05, 0) is 158 Å². The Morgan fingerprint density at radius 2 is 1.44 bits per heavy atom. The Morgan fingerprint density at radius 3 is 2.30 bits per heavy atom. The molecule has 0 unspecified atom stereocenters. The summed E-state index contributed by atoms with van der Waals surface area (Å²) in [4.78, 5) is 10.3. The van der Waals surface area contributed by atoms with Crippen molar-refractivity contribution in [3.8, 4) is 38.6 Å². The monoisotopic (exact) mass is 896 g/mol. The molecule has 1 N–H and O–H groups in total. The van der Waals surface area contributed by atoms with Gasteiger partial charge in [-0.25, -0.2) is 4.98 Å². The van der Waals surface area contributed by atoms with E-state index in [1.807, 2.05) is 24.3 Å². The van der Waals surface area contributed by atoms with Crippen molar-refractivity contribution in [3.05, 3.63) is 133 Å². The number of nitrogens with zero attached hydrogens (tertiary/aromatic N) is 2. The lowest BCUT2D eigenvalue weighted by Crippen LogP contribution is -1.93. The number of aryl methyl sites for hydroxylation is 2. The van der Waals surface area contributed by atoms with Crippen LogP contribution in [0.5, 0.6) is 5.75 Å². The number of fused-ring (bicyclic) bond motifs is 2. The minimum absolute atomic E-state index is 0.320. The third kappa shape index (κ3) is 7.53. The molecule has 0 radical (unpaired) electrons. The molecule has 0 aliphatic heterocycles. The van der Waals surface area contributed by atoms with E-state index in [1.54, 1.807) is 17.6 Å². The number of unbranched alkanes of at least 4 members (excludes halogenated alkanes) is 2. The highest BCUT2D eigenvalue weighted by Gasteiger charge is 2.18. The number of phenolic OH excluding ortho intramolecular Hbond substituents is 1. The van der Waals surface area contributed by atoms with Crippen molar-refractivity contribution >= 4 is 89.4 Å². The lowest BCUT2D eigenvalue weighted by molar-refractivity contribution is 0.466. The largest absolute Gasteiger partial charge is 0.507 e. The number of hydrogen-bond acceptors (Lipinski definition) is 4. The van der Waals surface area contributed by atoms with Crippen LogP contribution in [-0.4, -0.2) is 16.3 Å². The Balaban J connectivity index is 1.38. The minimum atomic E-state index is 0.320. The van der Waals surface area contributed by atoms with Crippen molar-refractivity contribution < 1.29 is 5.11 Å². The van der Waals surface area contributed by atoms with Crippen LogP contribution in [0.2, 0.25) is 0 Å². The van der Waals surface area contributed by atoms with Gasteiger partial charge in [-0.2, -0.15) is 0 Å². The number of hydrogen-bond donors (Lipinski definition) is 1. The summed E-state index contributed by atoms with van der Waals surface area (Å²) in [6.45, 7) is 4.42. The fourth-order valence-corrected chi connectivity index (χ4v) is 9.07. The first-order valence-corrected chi connectivity index (χ1v) is 20.3. The highest BCUT2D eigenvalue weighted by Crippen LogP contribution is 2.43. The van der Waals surface area contributed by atoms with Gasteiger partial charge in [0.1, 0.15) is 10.8 Å². The molecule has 0 saturated carbocycles. The van der Waals surface area contributed by atoms with Gasteiger partial charge in [-0.15, -0.1) is 11.3 Å². The summed E-state index contributed by atoms with van der Waals surface area (Å²) in [5, 5.41) is 14.5. The summed E-state index contributed by atoms with van der Waals surface area (Å²) in [6, 6.07) is 39.0. The summed E-state index contributed by atoms with van der Waals surface area (Å²) < 4.78 is 3.49. The van der Waals surface area contributed by atoms with Gasteiger partial charge in [0.2, 0.25) is 0 Å². The molecule has 3 nitrogen and oxygen atoms in total. The average molecular weight is 897 g/mol. The average Bonchev–Trinajstić information content (AvgIpc) is 3.57. The van der Waals surface area contributed by atoms with Gasteiger partial charge < -0.3 is 5.11 Å². The van der Waals surface area contributed by atoms with Crippen molar-refractivity contribution in [2.75, 3.05) is 0 Å². The Bertz CT molecular complexity index is 2350. The lowest BCUT2D eigenvalue weighted by atomic mass is 9.93. The van der Waals surface area contributed by atoms with Crippen LogP contribution in [0.25, 0.3) is 53.8 Å². The first-order chi connectivity index (χ1) is 24.4. The molecule has 250 valence electrons. The molecule has 0 saturated heterocycles. The molecule has 0 aliphatic carbocycles. The number of para-hydroxylation sites is 1. The number of aliphatic imine (C=N–C) groups is 1. The molecule has 7 rings (SSSR count). The molecule has 0 bridgehead atoms. The highest BCUT2D eigenvalue weighted by molar-refractivity contribution is 14.1. The summed E-state index contributed by atoms with van der Waals surface area (Å²) in [6.07, 6.45) is 8.22. The maximum Gasteiger partial charge on any atom is 0.127 e. The van der Waals surface area contributed by atoms with Gasteiger partial charge in [-0.3, -0.25) is 4.99 Å². The second-order valence-corrected chi connectivity index (χ2v) is 16.3. The molecule has 0 aliphatic rings. The van der Waals surface area contributed by atoms with Crippen LogP contribution < -0.4 is 0 Å². The molecule has 0 atom stereocenters. The number of benzene rings is 6. The Hall–Kier alpha value is -3.60. The zero-order chi connectivity index (χ0) is 34.6. The van der Waals surface area contributed by atoms with Crippen LogP contribution in [0.4, 0.5) is 5.69 Å². The normalized spacial score (nSPS) is 11.7. The van der Waals surface area contributed by atoms with E-state index in [0.717, 1.165) is 72.4 Å². The summed E-state index contributed by atoms with van der Waals surface area (Å²) in [5.41, 5.74) is 10.6. The Kier molecular flexibility index (Phi) is 11.0. The predicted molar refractivity (Wildman–Crippen MR) is 231 cm³/mol. The van der Waals surface area contributed by atoms with E-state index < -0.39 is 0 Å². The van der Waals surface area contributed by atoms with Crippen molar-refractivity contribution in [2.24, 2.45) is 4.99 Å². The number of rotatable bonds is 11. The fourth-order valence-electron chi connectivity index (χ4n) is 6.56. The van der Waals surface area contributed by atoms with Crippen molar-refractivity contribution in [3.63, 3.8) is 0 Å². The van der Waals surface area contributed by atoms with E-state index in [4.69, 9.17) is 9.98 Å². The van der Waals surface area contributed by atoms with E-state index >= 15 is 0 Å². The number of phenols is 1. The van der Waals surface area contributed by atoms with Crippen LogP contribution in [0.15, 0.2) is 114 Å². The number of halogens is 2. The van der Waals surface area contributed by atoms with E-state index in [1.165, 1.54) is 49.4 Å². The molecule has 0 spiro atoms.